The lowest BCUT2D eigenvalue weighted by Crippen LogP contribution is -2.47. The predicted molar refractivity (Wildman–Crippen MR) is 75.7 cm³/mol. The predicted octanol–water partition coefficient (Wildman–Crippen LogP) is 1.85. The second-order valence-corrected chi connectivity index (χ2v) is 4.75. The molecule has 2 aromatic rings. The van der Waals surface area contributed by atoms with E-state index in [1.165, 1.54) is 0 Å². The number of hydrogen-bond acceptors (Lipinski definition) is 5. The van der Waals surface area contributed by atoms with Crippen LogP contribution >= 0.6 is 11.6 Å². The van der Waals surface area contributed by atoms with Gasteiger partial charge in [0, 0.05) is 50.5 Å². The van der Waals surface area contributed by atoms with E-state index in [9.17, 15) is 0 Å². The van der Waals surface area contributed by atoms with E-state index in [2.05, 4.69) is 24.8 Å². The van der Waals surface area contributed by atoms with E-state index in [1.54, 1.807) is 18.6 Å². The Morgan fingerprint density at radius 2 is 1.58 bits per heavy atom. The van der Waals surface area contributed by atoms with Gasteiger partial charge in [-0.1, -0.05) is 11.6 Å². The van der Waals surface area contributed by atoms with E-state index < -0.39 is 0 Å². The molecule has 0 spiro atoms. The summed E-state index contributed by atoms with van der Waals surface area (Å²) in [6, 6.07) is 5.72. The molecule has 0 aromatic carbocycles. The molecule has 0 unspecified atom stereocenters. The smallest absolute Gasteiger partial charge is 0.225 e. The molecule has 0 amide bonds. The van der Waals surface area contributed by atoms with E-state index in [4.69, 9.17) is 11.6 Å². The lowest BCUT2D eigenvalue weighted by molar-refractivity contribution is 0.640. The van der Waals surface area contributed by atoms with Crippen LogP contribution in [0, 0.1) is 0 Å². The first-order valence-corrected chi connectivity index (χ1v) is 6.59. The molecule has 3 heterocycles. The molecule has 1 saturated heterocycles. The number of aromatic nitrogens is 3. The summed E-state index contributed by atoms with van der Waals surface area (Å²) in [6.45, 7) is 3.67. The first-order chi connectivity index (χ1) is 9.33. The minimum atomic E-state index is 0.534. The quantitative estimate of drug-likeness (QED) is 0.783. The molecule has 0 N–H and O–H groups in total. The standard InChI is InChI=1S/C13H14ClN5/c14-12-10-11(2-5-15-12)18-6-8-19(9-7-18)13-16-3-1-4-17-13/h1-5,10H,6-9H2. The summed E-state index contributed by atoms with van der Waals surface area (Å²) >= 11 is 5.92. The molecule has 6 heteroatoms. The van der Waals surface area contributed by atoms with Gasteiger partial charge in [0.15, 0.2) is 0 Å². The van der Waals surface area contributed by atoms with Crippen molar-refractivity contribution < 1.29 is 0 Å². The molecule has 5 nitrogen and oxygen atoms in total. The Labute approximate surface area is 116 Å². The molecule has 19 heavy (non-hydrogen) atoms. The summed E-state index contributed by atoms with van der Waals surface area (Å²) in [4.78, 5) is 17.1. The maximum Gasteiger partial charge on any atom is 0.225 e. The van der Waals surface area contributed by atoms with Gasteiger partial charge in [0.1, 0.15) is 5.15 Å². The molecule has 3 rings (SSSR count). The zero-order valence-corrected chi connectivity index (χ0v) is 11.2. The molecule has 1 fully saturated rings. The van der Waals surface area contributed by atoms with Crippen molar-refractivity contribution in [2.75, 3.05) is 36.0 Å². The van der Waals surface area contributed by atoms with Crippen molar-refractivity contribution in [3.8, 4) is 0 Å². The molecule has 0 radical (unpaired) electrons. The molecule has 2 aromatic heterocycles. The van der Waals surface area contributed by atoms with Crippen LogP contribution in [0.1, 0.15) is 0 Å². The zero-order chi connectivity index (χ0) is 13.1. The third-order valence-electron chi connectivity index (χ3n) is 3.19. The third kappa shape index (κ3) is 2.76. The summed E-state index contributed by atoms with van der Waals surface area (Å²) in [6.07, 6.45) is 5.29. The van der Waals surface area contributed by atoms with Crippen LogP contribution in [0.2, 0.25) is 5.15 Å². The second-order valence-electron chi connectivity index (χ2n) is 4.36. The Hall–Kier alpha value is -1.88. The van der Waals surface area contributed by atoms with Crippen LogP contribution in [0.5, 0.6) is 0 Å². The number of rotatable bonds is 2. The second kappa shape index (κ2) is 5.40. The van der Waals surface area contributed by atoms with Crippen LogP contribution in [0.15, 0.2) is 36.8 Å². The van der Waals surface area contributed by atoms with Gasteiger partial charge in [0.05, 0.1) is 0 Å². The highest BCUT2D eigenvalue weighted by atomic mass is 35.5. The Bertz CT molecular complexity index is 540. The van der Waals surface area contributed by atoms with Crippen molar-refractivity contribution in [2.45, 2.75) is 0 Å². The maximum atomic E-state index is 5.92. The first kappa shape index (κ1) is 12.2. The van der Waals surface area contributed by atoms with E-state index in [-0.39, 0.29) is 0 Å². The van der Waals surface area contributed by atoms with Crippen LogP contribution in [-0.2, 0) is 0 Å². The highest BCUT2D eigenvalue weighted by molar-refractivity contribution is 6.29. The molecule has 0 atom stereocenters. The molecular weight excluding hydrogens is 262 g/mol. The van der Waals surface area contributed by atoms with Gasteiger partial charge in [-0.3, -0.25) is 0 Å². The van der Waals surface area contributed by atoms with Gasteiger partial charge >= 0.3 is 0 Å². The van der Waals surface area contributed by atoms with Crippen LogP contribution in [0.3, 0.4) is 0 Å². The van der Waals surface area contributed by atoms with Crippen LogP contribution < -0.4 is 9.80 Å². The fourth-order valence-electron chi connectivity index (χ4n) is 2.21. The minimum absolute atomic E-state index is 0.534. The monoisotopic (exact) mass is 275 g/mol. The average Bonchev–Trinajstić information content (AvgIpc) is 2.48. The average molecular weight is 276 g/mol. The lowest BCUT2D eigenvalue weighted by Gasteiger charge is -2.36. The van der Waals surface area contributed by atoms with Gasteiger partial charge in [-0.25, -0.2) is 15.0 Å². The summed E-state index contributed by atoms with van der Waals surface area (Å²) < 4.78 is 0. The Balaban J connectivity index is 1.67. The fraction of sp³-hybridized carbons (Fsp3) is 0.308. The maximum absolute atomic E-state index is 5.92. The summed E-state index contributed by atoms with van der Waals surface area (Å²) in [7, 11) is 0. The Morgan fingerprint density at radius 3 is 2.26 bits per heavy atom. The minimum Gasteiger partial charge on any atom is -0.368 e. The summed E-state index contributed by atoms with van der Waals surface area (Å²) in [5.41, 5.74) is 1.12. The summed E-state index contributed by atoms with van der Waals surface area (Å²) in [5.74, 6) is 0.801. The zero-order valence-electron chi connectivity index (χ0n) is 10.4. The third-order valence-corrected chi connectivity index (χ3v) is 3.40. The van der Waals surface area contributed by atoms with Gasteiger partial charge in [0.25, 0.3) is 0 Å². The number of nitrogens with zero attached hydrogens (tertiary/aromatic N) is 5. The fourth-order valence-corrected chi connectivity index (χ4v) is 2.38. The van der Waals surface area contributed by atoms with E-state index in [0.717, 1.165) is 37.8 Å². The normalized spacial score (nSPS) is 15.6. The van der Waals surface area contributed by atoms with Gasteiger partial charge in [-0.05, 0) is 18.2 Å². The number of anilines is 2. The van der Waals surface area contributed by atoms with E-state index in [1.807, 2.05) is 18.2 Å². The highest BCUT2D eigenvalue weighted by Crippen LogP contribution is 2.20. The Morgan fingerprint density at radius 1 is 0.895 bits per heavy atom. The number of piperazine rings is 1. The van der Waals surface area contributed by atoms with Crippen molar-refractivity contribution in [2.24, 2.45) is 0 Å². The molecule has 1 aliphatic heterocycles. The van der Waals surface area contributed by atoms with Gasteiger partial charge < -0.3 is 9.80 Å². The van der Waals surface area contributed by atoms with Crippen molar-refractivity contribution in [1.82, 2.24) is 15.0 Å². The van der Waals surface area contributed by atoms with Gasteiger partial charge in [0.2, 0.25) is 5.95 Å². The van der Waals surface area contributed by atoms with Crippen molar-refractivity contribution in [1.29, 1.82) is 0 Å². The SMILES string of the molecule is Clc1cc(N2CCN(c3ncccn3)CC2)ccn1. The largest absolute Gasteiger partial charge is 0.368 e. The first-order valence-electron chi connectivity index (χ1n) is 6.21. The van der Waals surface area contributed by atoms with Crippen molar-refractivity contribution >= 4 is 23.2 Å². The Kier molecular flexibility index (Phi) is 3.46. The van der Waals surface area contributed by atoms with Crippen LogP contribution in [0.25, 0.3) is 0 Å². The molecular formula is C13H14ClN5. The van der Waals surface area contributed by atoms with Crippen molar-refractivity contribution in [3.63, 3.8) is 0 Å². The number of hydrogen-bond donors (Lipinski definition) is 0. The van der Waals surface area contributed by atoms with Crippen LogP contribution in [0.4, 0.5) is 11.6 Å². The molecule has 0 saturated carbocycles. The van der Waals surface area contributed by atoms with Crippen molar-refractivity contribution in [3.05, 3.63) is 41.9 Å². The summed E-state index contributed by atoms with van der Waals surface area (Å²) in [5, 5.41) is 0.534. The molecule has 0 bridgehead atoms. The van der Waals surface area contributed by atoms with Crippen LogP contribution in [-0.4, -0.2) is 41.1 Å². The van der Waals surface area contributed by atoms with E-state index >= 15 is 0 Å². The molecule has 98 valence electrons. The van der Waals surface area contributed by atoms with Gasteiger partial charge in [-0.15, -0.1) is 0 Å². The van der Waals surface area contributed by atoms with Gasteiger partial charge in [-0.2, -0.15) is 0 Å². The molecule has 1 aliphatic rings. The topological polar surface area (TPSA) is 45.2 Å². The number of pyridine rings is 1. The number of halogens is 1. The lowest BCUT2D eigenvalue weighted by atomic mass is 10.3. The highest BCUT2D eigenvalue weighted by Gasteiger charge is 2.19. The van der Waals surface area contributed by atoms with E-state index in [0.29, 0.717) is 5.15 Å². The molecule has 0 aliphatic carbocycles.